The summed E-state index contributed by atoms with van der Waals surface area (Å²) < 4.78 is 0. The van der Waals surface area contributed by atoms with Crippen LogP contribution in [0.15, 0.2) is 11.4 Å². The minimum Gasteiger partial charge on any atom is -0.364 e. The summed E-state index contributed by atoms with van der Waals surface area (Å²) in [7, 11) is 1.68. The zero-order valence-electron chi connectivity index (χ0n) is 7.88. The molecule has 0 aromatic carbocycles. The van der Waals surface area contributed by atoms with E-state index in [1.165, 1.54) is 11.3 Å². The van der Waals surface area contributed by atoms with Crippen molar-refractivity contribution in [2.75, 3.05) is 7.05 Å². The number of carbonyl (C=O) groups is 1. The van der Waals surface area contributed by atoms with Crippen molar-refractivity contribution in [3.63, 3.8) is 0 Å². The first-order valence-electron chi connectivity index (χ1n) is 3.96. The van der Waals surface area contributed by atoms with E-state index < -0.39 is 0 Å². The smallest absolute Gasteiger partial charge is 0.270 e. The van der Waals surface area contributed by atoms with Gasteiger partial charge in [0.25, 0.3) is 5.91 Å². The Balaban J connectivity index is 2.47. The molecule has 14 heavy (non-hydrogen) atoms. The second kappa shape index (κ2) is 4.92. The summed E-state index contributed by atoms with van der Waals surface area (Å²) in [6, 6.07) is 1.82. The molecule has 1 heterocycles. The number of hydrogen-bond acceptors (Lipinski definition) is 3. The number of thiophene rings is 1. The van der Waals surface area contributed by atoms with Gasteiger partial charge in [-0.3, -0.25) is 15.6 Å². The fourth-order valence-electron chi connectivity index (χ4n) is 0.811. The first kappa shape index (κ1) is 10.9. The van der Waals surface area contributed by atoms with Crippen LogP contribution in [0.4, 0.5) is 0 Å². The molecule has 0 spiro atoms. The van der Waals surface area contributed by atoms with E-state index in [-0.39, 0.29) is 5.91 Å². The van der Waals surface area contributed by atoms with E-state index in [9.17, 15) is 4.79 Å². The van der Waals surface area contributed by atoms with E-state index in [0.29, 0.717) is 10.7 Å². The van der Waals surface area contributed by atoms with Crippen LogP contribution in [0, 0.1) is 6.92 Å². The molecule has 3 N–H and O–H groups in total. The summed E-state index contributed by atoms with van der Waals surface area (Å²) in [4.78, 5) is 12.5. The third-order valence-electron chi connectivity index (χ3n) is 1.51. The maximum atomic E-state index is 11.4. The van der Waals surface area contributed by atoms with Crippen LogP contribution in [-0.4, -0.2) is 18.1 Å². The quantitative estimate of drug-likeness (QED) is 0.492. The number of hydrazine groups is 1. The number of aryl methyl sites for hydroxylation is 1. The summed E-state index contributed by atoms with van der Waals surface area (Å²) >= 11 is 6.33. The topological polar surface area (TPSA) is 53.2 Å². The van der Waals surface area contributed by atoms with Gasteiger partial charge in [0.1, 0.15) is 0 Å². The molecule has 0 saturated carbocycles. The van der Waals surface area contributed by atoms with Crippen LogP contribution in [-0.2, 0) is 0 Å². The number of rotatable bonds is 1. The van der Waals surface area contributed by atoms with E-state index in [0.717, 1.165) is 4.88 Å². The van der Waals surface area contributed by atoms with Crippen molar-refractivity contribution >= 4 is 34.6 Å². The maximum absolute atomic E-state index is 11.4. The van der Waals surface area contributed by atoms with Gasteiger partial charge in [-0.25, -0.2) is 0 Å². The minimum absolute atomic E-state index is 0.188. The zero-order chi connectivity index (χ0) is 10.6. The number of hydrogen-bond donors (Lipinski definition) is 3. The summed E-state index contributed by atoms with van der Waals surface area (Å²) in [5.41, 5.74) is 5.68. The predicted octanol–water partition coefficient (Wildman–Crippen LogP) is 0.795. The highest BCUT2D eigenvalue weighted by Crippen LogP contribution is 2.12. The van der Waals surface area contributed by atoms with E-state index in [1.54, 1.807) is 12.4 Å². The van der Waals surface area contributed by atoms with Crippen LogP contribution in [0.5, 0.6) is 0 Å². The summed E-state index contributed by atoms with van der Waals surface area (Å²) in [6.45, 7) is 1.95. The Morgan fingerprint density at radius 3 is 2.71 bits per heavy atom. The third kappa shape index (κ3) is 2.97. The summed E-state index contributed by atoms with van der Waals surface area (Å²) in [5.74, 6) is -0.188. The molecule has 0 aliphatic carbocycles. The normalized spacial score (nSPS) is 9.29. The summed E-state index contributed by atoms with van der Waals surface area (Å²) in [5, 5.41) is 4.87. The Morgan fingerprint density at radius 1 is 1.50 bits per heavy atom. The van der Waals surface area contributed by atoms with Crippen molar-refractivity contribution in [1.29, 1.82) is 0 Å². The van der Waals surface area contributed by atoms with Crippen molar-refractivity contribution in [1.82, 2.24) is 16.2 Å². The Labute approximate surface area is 91.7 Å². The third-order valence-corrected chi connectivity index (χ3v) is 2.68. The lowest BCUT2D eigenvalue weighted by Gasteiger charge is -2.07. The number of carbonyl (C=O) groups excluding carboxylic acids is 1. The fourth-order valence-corrected chi connectivity index (χ4v) is 1.54. The van der Waals surface area contributed by atoms with Crippen molar-refractivity contribution in [3.8, 4) is 0 Å². The molecule has 1 rings (SSSR count). The monoisotopic (exact) mass is 229 g/mol. The number of thiocarbonyl (C=S) groups is 1. The number of nitrogens with one attached hydrogen (secondary N) is 3. The molecule has 0 radical (unpaired) electrons. The molecule has 0 aliphatic heterocycles. The van der Waals surface area contributed by atoms with Crippen LogP contribution >= 0.6 is 23.6 Å². The molecule has 1 amide bonds. The molecule has 0 unspecified atom stereocenters. The van der Waals surface area contributed by atoms with E-state index >= 15 is 0 Å². The second-order valence-electron chi connectivity index (χ2n) is 2.60. The molecule has 1 aromatic rings. The molecule has 0 aliphatic rings. The van der Waals surface area contributed by atoms with Gasteiger partial charge in [0.15, 0.2) is 5.11 Å². The molecular formula is C8H11N3OS2. The molecule has 6 heteroatoms. The van der Waals surface area contributed by atoms with E-state index in [1.807, 2.05) is 13.0 Å². The van der Waals surface area contributed by atoms with Crippen molar-refractivity contribution in [2.45, 2.75) is 6.92 Å². The van der Waals surface area contributed by atoms with Crippen LogP contribution in [0.2, 0.25) is 0 Å². The van der Waals surface area contributed by atoms with E-state index in [4.69, 9.17) is 12.2 Å². The van der Waals surface area contributed by atoms with Crippen molar-refractivity contribution in [3.05, 3.63) is 21.9 Å². The van der Waals surface area contributed by atoms with Crippen LogP contribution in [0.25, 0.3) is 0 Å². The minimum atomic E-state index is -0.188. The van der Waals surface area contributed by atoms with Crippen molar-refractivity contribution < 1.29 is 4.79 Å². The molecule has 4 nitrogen and oxygen atoms in total. The highest BCUT2D eigenvalue weighted by molar-refractivity contribution is 7.80. The van der Waals surface area contributed by atoms with Gasteiger partial charge in [-0.2, -0.15) is 0 Å². The van der Waals surface area contributed by atoms with Gasteiger partial charge in [0.2, 0.25) is 0 Å². The molecule has 0 bridgehead atoms. The van der Waals surface area contributed by atoms with Crippen LogP contribution < -0.4 is 16.2 Å². The Morgan fingerprint density at radius 2 is 2.21 bits per heavy atom. The van der Waals surface area contributed by atoms with Gasteiger partial charge in [-0.05, 0) is 25.2 Å². The van der Waals surface area contributed by atoms with Gasteiger partial charge in [-0.15, -0.1) is 11.3 Å². The van der Waals surface area contributed by atoms with Gasteiger partial charge in [-0.1, -0.05) is 0 Å². The van der Waals surface area contributed by atoms with E-state index in [2.05, 4.69) is 16.2 Å². The molecular weight excluding hydrogens is 218 g/mol. The SMILES string of the molecule is CNC(=S)NNC(=O)c1csc(C)c1. The lowest BCUT2D eigenvalue weighted by atomic mass is 10.3. The Hall–Kier alpha value is -1.14. The lowest BCUT2D eigenvalue weighted by molar-refractivity contribution is 0.0944. The van der Waals surface area contributed by atoms with Gasteiger partial charge >= 0.3 is 0 Å². The molecule has 0 fully saturated rings. The highest BCUT2D eigenvalue weighted by atomic mass is 32.1. The zero-order valence-corrected chi connectivity index (χ0v) is 9.51. The van der Waals surface area contributed by atoms with Crippen LogP contribution in [0.3, 0.4) is 0 Å². The van der Waals surface area contributed by atoms with Gasteiger partial charge in [0.05, 0.1) is 5.56 Å². The molecule has 1 aromatic heterocycles. The molecule has 76 valence electrons. The largest absolute Gasteiger partial charge is 0.364 e. The number of amides is 1. The maximum Gasteiger partial charge on any atom is 0.270 e. The molecule has 0 saturated heterocycles. The second-order valence-corrected chi connectivity index (χ2v) is 4.13. The Kier molecular flexibility index (Phi) is 3.84. The lowest BCUT2D eigenvalue weighted by Crippen LogP contribution is -2.45. The average Bonchev–Trinajstić information content (AvgIpc) is 2.60. The highest BCUT2D eigenvalue weighted by Gasteiger charge is 2.06. The van der Waals surface area contributed by atoms with Gasteiger partial charge < -0.3 is 5.32 Å². The summed E-state index contributed by atoms with van der Waals surface area (Å²) in [6.07, 6.45) is 0. The first-order chi connectivity index (χ1) is 6.63. The van der Waals surface area contributed by atoms with Gasteiger partial charge in [0, 0.05) is 17.3 Å². The van der Waals surface area contributed by atoms with Crippen molar-refractivity contribution in [2.24, 2.45) is 0 Å². The predicted molar refractivity (Wildman–Crippen MR) is 61.3 cm³/mol. The average molecular weight is 229 g/mol. The fraction of sp³-hybridized carbons (Fsp3) is 0.250. The molecule has 0 atom stereocenters. The van der Waals surface area contributed by atoms with Crippen LogP contribution in [0.1, 0.15) is 15.2 Å². The first-order valence-corrected chi connectivity index (χ1v) is 5.25. The Bertz CT molecular complexity index is 348. The standard InChI is InChI=1S/C8H11N3OS2/c1-5-3-6(4-14-5)7(12)10-11-8(13)9-2/h3-4H,1-2H3,(H,10,12)(H2,9,11,13).